The summed E-state index contributed by atoms with van der Waals surface area (Å²) in [6, 6.07) is 0. The van der Waals surface area contributed by atoms with E-state index >= 15 is 0 Å². The van der Waals surface area contributed by atoms with Crippen LogP contribution in [0.3, 0.4) is 0 Å². The zero-order chi connectivity index (χ0) is 16.6. The van der Waals surface area contributed by atoms with Gasteiger partial charge in [-0.3, -0.25) is 9.59 Å². The van der Waals surface area contributed by atoms with Crippen molar-refractivity contribution >= 4 is 28.3 Å². The molecule has 1 unspecified atom stereocenters. The number of anilines is 1. The molecule has 0 radical (unpaired) electrons. The number of amides is 2. The number of aromatic nitrogens is 1. The number of thiazole rings is 1. The first-order valence-corrected chi connectivity index (χ1v) is 9.06. The standard InChI is InChI=1S/C16H24N4O2S/c1-4-18-10-13(9-14(18)21)15(22)19-5-7-20(8-6-19)16-17-11(2)12(3)23-16/h13H,4-10H2,1-3H3. The van der Waals surface area contributed by atoms with Gasteiger partial charge in [-0.05, 0) is 20.8 Å². The molecule has 2 aliphatic heterocycles. The quantitative estimate of drug-likeness (QED) is 0.834. The molecule has 7 heteroatoms. The first-order chi connectivity index (χ1) is 11.0. The van der Waals surface area contributed by atoms with Crippen molar-refractivity contribution in [1.82, 2.24) is 14.8 Å². The Kier molecular flexibility index (Phi) is 4.57. The highest BCUT2D eigenvalue weighted by molar-refractivity contribution is 7.15. The number of carbonyl (C=O) groups excluding carboxylic acids is 2. The van der Waals surface area contributed by atoms with Crippen molar-refractivity contribution in [2.75, 3.05) is 44.2 Å². The summed E-state index contributed by atoms with van der Waals surface area (Å²) in [4.78, 5) is 36.2. The van der Waals surface area contributed by atoms with Crippen LogP contribution >= 0.6 is 11.3 Å². The molecule has 3 heterocycles. The monoisotopic (exact) mass is 336 g/mol. The number of rotatable bonds is 3. The van der Waals surface area contributed by atoms with Crippen LogP contribution in [0.2, 0.25) is 0 Å². The lowest BCUT2D eigenvalue weighted by molar-refractivity contribution is -0.136. The SMILES string of the molecule is CCN1CC(C(=O)N2CCN(c3nc(C)c(C)s3)CC2)CC1=O. The van der Waals surface area contributed by atoms with E-state index in [-0.39, 0.29) is 17.7 Å². The summed E-state index contributed by atoms with van der Waals surface area (Å²) in [6.07, 6.45) is 0.373. The minimum Gasteiger partial charge on any atom is -0.345 e. The van der Waals surface area contributed by atoms with Gasteiger partial charge in [-0.25, -0.2) is 4.98 Å². The molecule has 0 bridgehead atoms. The highest BCUT2D eigenvalue weighted by Crippen LogP contribution is 2.27. The van der Waals surface area contributed by atoms with E-state index in [0.717, 1.165) is 23.9 Å². The number of aryl methyl sites for hydroxylation is 2. The Bertz CT molecular complexity index is 588. The molecule has 6 nitrogen and oxygen atoms in total. The number of hydrogen-bond acceptors (Lipinski definition) is 5. The Morgan fingerprint density at radius 2 is 1.96 bits per heavy atom. The second kappa shape index (κ2) is 6.47. The molecule has 1 aromatic rings. The fraction of sp³-hybridized carbons (Fsp3) is 0.688. The molecular formula is C16H24N4O2S. The van der Waals surface area contributed by atoms with Crippen molar-refractivity contribution in [3.63, 3.8) is 0 Å². The van der Waals surface area contributed by atoms with Crippen LogP contribution in [0.25, 0.3) is 0 Å². The van der Waals surface area contributed by atoms with Crippen LogP contribution in [0.5, 0.6) is 0 Å². The summed E-state index contributed by atoms with van der Waals surface area (Å²) >= 11 is 1.72. The van der Waals surface area contributed by atoms with Crippen molar-refractivity contribution in [3.05, 3.63) is 10.6 Å². The minimum atomic E-state index is -0.154. The van der Waals surface area contributed by atoms with Crippen molar-refractivity contribution in [1.29, 1.82) is 0 Å². The Morgan fingerprint density at radius 1 is 1.26 bits per heavy atom. The maximum absolute atomic E-state index is 12.6. The van der Waals surface area contributed by atoms with E-state index in [1.807, 2.05) is 18.7 Å². The summed E-state index contributed by atoms with van der Waals surface area (Å²) in [6.45, 7) is 10.4. The molecule has 126 valence electrons. The highest BCUT2D eigenvalue weighted by Gasteiger charge is 2.36. The van der Waals surface area contributed by atoms with E-state index in [0.29, 0.717) is 32.6 Å². The van der Waals surface area contributed by atoms with Gasteiger partial charge in [0.2, 0.25) is 11.8 Å². The summed E-state index contributed by atoms with van der Waals surface area (Å²) in [5, 5.41) is 1.06. The average molecular weight is 336 g/mol. The van der Waals surface area contributed by atoms with Crippen LogP contribution in [-0.4, -0.2) is 65.9 Å². The van der Waals surface area contributed by atoms with E-state index in [9.17, 15) is 9.59 Å². The zero-order valence-corrected chi connectivity index (χ0v) is 14.9. The minimum absolute atomic E-state index is 0.109. The van der Waals surface area contributed by atoms with Crippen LogP contribution in [0.15, 0.2) is 0 Å². The van der Waals surface area contributed by atoms with Gasteiger partial charge in [0.1, 0.15) is 0 Å². The number of likely N-dealkylation sites (tertiary alicyclic amines) is 1. The van der Waals surface area contributed by atoms with Crippen molar-refractivity contribution in [3.8, 4) is 0 Å². The zero-order valence-electron chi connectivity index (χ0n) is 14.0. The maximum Gasteiger partial charge on any atom is 0.228 e. The van der Waals surface area contributed by atoms with Gasteiger partial charge < -0.3 is 14.7 Å². The molecule has 1 aromatic heterocycles. The molecule has 2 amide bonds. The highest BCUT2D eigenvalue weighted by atomic mass is 32.1. The van der Waals surface area contributed by atoms with Gasteiger partial charge in [0.25, 0.3) is 0 Å². The van der Waals surface area contributed by atoms with Gasteiger partial charge in [0.05, 0.1) is 11.6 Å². The van der Waals surface area contributed by atoms with Crippen LogP contribution in [-0.2, 0) is 9.59 Å². The molecule has 3 rings (SSSR count). The van der Waals surface area contributed by atoms with E-state index in [2.05, 4.69) is 16.8 Å². The summed E-state index contributed by atoms with van der Waals surface area (Å²) in [7, 11) is 0. The van der Waals surface area contributed by atoms with Gasteiger partial charge in [0.15, 0.2) is 5.13 Å². The van der Waals surface area contributed by atoms with Gasteiger partial charge >= 0.3 is 0 Å². The number of carbonyl (C=O) groups is 2. The number of piperazine rings is 1. The molecule has 1 atom stereocenters. The van der Waals surface area contributed by atoms with Gasteiger partial charge in [-0.15, -0.1) is 11.3 Å². The fourth-order valence-electron chi connectivity index (χ4n) is 3.21. The predicted molar refractivity (Wildman–Crippen MR) is 90.7 cm³/mol. The van der Waals surface area contributed by atoms with Crippen molar-refractivity contribution in [2.45, 2.75) is 27.2 Å². The molecule has 0 spiro atoms. The molecule has 0 saturated carbocycles. The topological polar surface area (TPSA) is 56.8 Å². The Morgan fingerprint density at radius 3 is 2.48 bits per heavy atom. The molecule has 23 heavy (non-hydrogen) atoms. The molecule has 2 saturated heterocycles. The third-order valence-electron chi connectivity index (χ3n) is 4.82. The number of hydrogen-bond donors (Lipinski definition) is 0. The van der Waals surface area contributed by atoms with Crippen LogP contribution in [0, 0.1) is 19.8 Å². The molecule has 2 fully saturated rings. The third-order valence-corrected chi connectivity index (χ3v) is 5.96. The van der Waals surface area contributed by atoms with Crippen LogP contribution in [0.4, 0.5) is 5.13 Å². The first-order valence-electron chi connectivity index (χ1n) is 8.25. The lowest BCUT2D eigenvalue weighted by Crippen LogP contribution is -2.50. The second-order valence-corrected chi connectivity index (χ2v) is 7.47. The number of nitrogens with zero attached hydrogens (tertiary/aromatic N) is 4. The predicted octanol–water partition coefficient (Wildman–Crippen LogP) is 1.28. The molecule has 0 aromatic carbocycles. The Hall–Kier alpha value is -1.63. The molecular weight excluding hydrogens is 312 g/mol. The summed E-state index contributed by atoms with van der Waals surface area (Å²) in [5.74, 6) is 0.0945. The maximum atomic E-state index is 12.6. The Balaban J connectivity index is 1.56. The molecule has 2 aliphatic rings. The smallest absolute Gasteiger partial charge is 0.228 e. The molecule has 0 aliphatic carbocycles. The average Bonchev–Trinajstić information content (AvgIpc) is 3.09. The van der Waals surface area contributed by atoms with Crippen LogP contribution in [0.1, 0.15) is 23.9 Å². The van der Waals surface area contributed by atoms with E-state index in [1.165, 1.54) is 4.88 Å². The summed E-state index contributed by atoms with van der Waals surface area (Å²) in [5.41, 5.74) is 1.09. The normalized spacial score (nSPS) is 22.1. The summed E-state index contributed by atoms with van der Waals surface area (Å²) < 4.78 is 0. The van der Waals surface area contributed by atoms with Gasteiger partial charge in [-0.1, -0.05) is 0 Å². The third kappa shape index (κ3) is 3.20. The van der Waals surface area contributed by atoms with Crippen LogP contribution < -0.4 is 4.90 Å². The lowest BCUT2D eigenvalue weighted by Gasteiger charge is -2.35. The first kappa shape index (κ1) is 16.2. The van der Waals surface area contributed by atoms with E-state index in [1.54, 1.807) is 16.2 Å². The second-order valence-electron chi connectivity index (χ2n) is 6.28. The Labute approximate surface area is 141 Å². The fourth-order valence-corrected chi connectivity index (χ4v) is 4.17. The van der Waals surface area contributed by atoms with Crippen molar-refractivity contribution < 1.29 is 9.59 Å². The lowest BCUT2D eigenvalue weighted by atomic mass is 10.1. The van der Waals surface area contributed by atoms with Crippen molar-refractivity contribution in [2.24, 2.45) is 5.92 Å². The van der Waals surface area contributed by atoms with Gasteiger partial charge in [-0.2, -0.15) is 0 Å². The largest absolute Gasteiger partial charge is 0.345 e. The van der Waals surface area contributed by atoms with E-state index in [4.69, 9.17) is 0 Å². The molecule has 0 N–H and O–H groups in total. The van der Waals surface area contributed by atoms with Gasteiger partial charge in [0, 0.05) is 50.6 Å². The van der Waals surface area contributed by atoms with E-state index < -0.39 is 0 Å².